The maximum absolute atomic E-state index is 14.2. The fourth-order valence-electron chi connectivity index (χ4n) is 6.29. The van der Waals surface area contributed by atoms with Crippen LogP contribution in [0.2, 0.25) is 0 Å². The fourth-order valence-corrected chi connectivity index (χ4v) is 6.29. The van der Waals surface area contributed by atoms with Gasteiger partial charge in [0.2, 0.25) is 29.4 Å². The number of nitrogens with one attached hydrogen (secondary N) is 2. The van der Waals surface area contributed by atoms with Crippen LogP contribution in [0.5, 0.6) is 0 Å². The average Bonchev–Trinajstić information content (AvgIpc) is 3.53. The summed E-state index contributed by atoms with van der Waals surface area (Å²) < 4.78 is 19.5. The number of carbonyl (C=O) groups is 4. The predicted octanol–water partition coefficient (Wildman–Crippen LogP) is 3.77. The first-order valence-corrected chi connectivity index (χ1v) is 16.5. The summed E-state index contributed by atoms with van der Waals surface area (Å²) in [6.45, 7) is 5.06. The Bertz CT molecular complexity index is 1590. The highest BCUT2D eigenvalue weighted by atomic mass is 19.1. The van der Waals surface area contributed by atoms with E-state index in [0.29, 0.717) is 38.3 Å². The third-order valence-electron chi connectivity index (χ3n) is 8.85. The van der Waals surface area contributed by atoms with Crippen molar-refractivity contribution in [1.29, 1.82) is 0 Å². The van der Waals surface area contributed by atoms with Crippen LogP contribution >= 0.6 is 0 Å². The van der Waals surface area contributed by atoms with Crippen molar-refractivity contribution < 1.29 is 28.1 Å². The highest BCUT2D eigenvalue weighted by Crippen LogP contribution is 2.36. The number of halogens is 1. The van der Waals surface area contributed by atoms with Gasteiger partial charge >= 0.3 is 0 Å². The van der Waals surface area contributed by atoms with Crippen molar-refractivity contribution in [3.05, 3.63) is 71.4 Å². The normalized spacial score (nSPS) is 19.7. The van der Waals surface area contributed by atoms with Crippen LogP contribution in [0.15, 0.2) is 53.1 Å². The molecule has 0 radical (unpaired) electrons. The van der Waals surface area contributed by atoms with E-state index in [2.05, 4.69) is 34.6 Å². The molecule has 2 aliphatic rings. The van der Waals surface area contributed by atoms with E-state index in [0.717, 1.165) is 24.0 Å². The Morgan fingerprint density at radius 3 is 2.64 bits per heavy atom. The van der Waals surface area contributed by atoms with Gasteiger partial charge in [-0.05, 0) is 61.3 Å². The average molecular weight is 647 g/mol. The first-order valence-electron chi connectivity index (χ1n) is 16.5. The Morgan fingerprint density at radius 1 is 1.04 bits per heavy atom. The van der Waals surface area contributed by atoms with Crippen molar-refractivity contribution in [2.45, 2.75) is 70.8 Å². The molecule has 11 nitrogen and oxygen atoms in total. The van der Waals surface area contributed by atoms with E-state index in [9.17, 15) is 23.6 Å². The molecule has 1 aromatic heterocycles. The standard InChI is InChI=1S/C35H43FN6O5/c1-24(2)17-21-42-23-29(43)39-35(18-7-10-25-9-3-5-12-27(25)35)34(46)37-19-22-41(20-8-14-31(42)44)32(45)16-15-30-38-33(40-47-30)26-11-4-6-13-28(26)36/h3-6,9,11-13,24H,7-8,10,14-23H2,1-2H3,(H,37,46)(H,39,43). The third-order valence-corrected chi connectivity index (χ3v) is 8.85. The largest absolute Gasteiger partial charge is 0.352 e. The van der Waals surface area contributed by atoms with Gasteiger partial charge in [-0.2, -0.15) is 4.98 Å². The summed E-state index contributed by atoms with van der Waals surface area (Å²) in [6, 6.07) is 13.7. The topological polar surface area (TPSA) is 138 Å². The Labute approximate surface area is 274 Å². The van der Waals surface area contributed by atoms with Crippen LogP contribution < -0.4 is 10.6 Å². The molecule has 3 aromatic rings. The second kappa shape index (κ2) is 15.3. The van der Waals surface area contributed by atoms with E-state index in [-0.39, 0.29) is 79.8 Å². The lowest BCUT2D eigenvalue weighted by Crippen LogP contribution is -2.60. The summed E-state index contributed by atoms with van der Waals surface area (Å²) in [6.07, 6.45) is 3.42. The van der Waals surface area contributed by atoms with Crippen LogP contribution in [0.3, 0.4) is 0 Å². The molecule has 250 valence electrons. The van der Waals surface area contributed by atoms with Gasteiger partial charge in [0.05, 0.1) is 12.1 Å². The number of carbonyl (C=O) groups excluding carboxylic acids is 4. The second-order valence-corrected chi connectivity index (χ2v) is 12.7. The molecule has 1 spiro atoms. The first-order chi connectivity index (χ1) is 22.7. The zero-order valence-corrected chi connectivity index (χ0v) is 27.1. The highest BCUT2D eigenvalue weighted by Gasteiger charge is 2.44. The molecule has 1 fully saturated rings. The van der Waals surface area contributed by atoms with E-state index in [1.165, 1.54) is 6.07 Å². The lowest BCUT2D eigenvalue weighted by Gasteiger charge is -2.39. The molecule has 4 amide bonds. The van der Waals surface area contributed by atoms with E-state index in [1.54, 1.807) is 28.0 Å². The zero-order valence-electron chi connectivity index (χ0n) is 27.1. The highest BCUT2D eigenvalue weighted by molar-refractivity contribution is 5.94. The molecule has 0 saturated carbocycles. The fraction of sp³-hybridized carbons (Fsp3) is 0.486. The smallest absolute Gasteiger partial charge is 0.250 e. The third kappa shape index (κ3) is 8.22. The van der Waals surface area contributed by atoms with Gasteiger partial charge in [-0.3, -0.25) is 19.2 Å². The van der Waals surface area contributed by atoms with Gasteiger partial charge in [0, 0.05) is 45.4 Å². The second-order valence-electron chi connectivity index (χ2n) is 12.7. The SMILES string of the molecule is CC(C)CCN1CC(=O)NC2(CCCc3ccccc32)C(=O)NCCN(C(=O)CCc2nc(-c3ccccc3F)no2)CCCC1=O. The quantitative estimate of drug-likeness (QED) is 0.399. The number of nitrogens with zero attached hydrogens (tertiary/aromatic N) is 4. The minimum Gasteiger partial charge on any atom is -0.352 e. The molecule has 2 aromatic carbocycles. The molecule has 12 heteroatoms. The van der Waals surface area contributed by atoms with Gasteiger partial charge < -0.3 is 25.0 Å². The zero-order chi connectivity index (χ0) is 33.4. The van der Waals surface area contributed by atoms with Gasteiger partial charge in [0.15, 0.2) is 0 Å². The molecule has 1 saturated heterocycles. The Kier molecular flexibility index (Phi) is 11.0. The Balaban J connectivity index is 1.33. The Morgan fingerprint density at radius 2 is 1.83 bits per heavy atom. The molecule has 47 heavy (non-hydrogen) atoms. The molecule has 1 atom stereocenters. The van der Waals surface area contributed by atoms with E-state index in [4.69, 9.17) is 4.52 Å². The number of fused-ring (bicyclic) bond motifs is 2. The molecule has 0 bridgehead atoms. The van der Waals surface area contributed by atoms with E-state index in [1.807, 2.05) is 24.3 Å². The summed E-state index contributed by atoms with van der Waals surface area (Å²) in [5.74, 6) is -0.910. The number of aryl methyl sites for hydroxylation is 2. The van der Waals surface area contributed by atoms with Crippen LogP contribution in [0.25, 0.3) is 11.4 Å². The van der Waals surface area contributed by atoms with Crippen LogP contribution in [-0.4, -0.2) is 76.3 Å². The Hall–Kier alpha value is -4.61. The molecule has 1 unspecified atom stereocenters. The number of aromatic nitrogens is 2. The van der Waals surface area contributed by atoms with E-state index < -0.39 is 11.4 Å². The van der Waals surface area contributed by atoms with Crippen molar-refractivity contribution in [1.82, 2.24) is 30.6 Å². The van der Waals surface area contributed by atoms with Gasteiger partial charge in [-0.1, -0.05) is 55.4 Å². The molecule has 2 N–H and O–H groups in total. The van der Waals surface area contributed by atoms with Crippen LogP contribution in [-0.2, 0) is 37.6 Å². The molecule has 1 aliphatic carbocycles. The van der Waals surface area contributed by atoms with Crippen LogP contribution in [0.1, 0.15) is 69.4 Å². The number of hydrogen-bond acceptors (Lipinski definition) is 7. The van der Waals surface area contributed by atoms with Gasteiger partial charge in [-0.25, -0.2) is 4.39 Å². The molecule has 1 aliphatic heterocycles. The van der Waals surface area contributed by atoms with Gasteiger partial charge in [0.25, 0.3) is 5.91 Å². The summed E-state index contributed by atoms with van der Waals surface area (Å²) >= 11 is 0. The van der Waals surface area contributed by atoms with Crippen LogP contribution in [0, 0.1) is 11.7 Å². The first kappa shape index (κ1) is 33.7. The van der Waals surface area contributed by atoms with Crippen molar-refractivity contribution >= 4 is 23.6 Å². The monoisotopic (exact) mass is 646 g/mol. The van der Waals surface area contributed by atoms with Crippen molar-refractivity contribution in [3.63, 3.8) is 0 Å². The van der Waals surface area contributed by atoms with E-state index >= 15 is 0 Å². The molecule has 5 rings (SSSR count). The van der Waals surface area contributed by atoms with Crippen molar-refractivity contribution in [2.75, 3.05) is 32.7 Å². The lowest BCUT2D eigenvalue weighted by atomic mass is 9.75. The lowest BCUT2D eigenvalue weighted by molar-refractivity contribution is -0.140. The summed E-state index contributed by atoms with van der Waals surface area (Å²) in [5.41, 5.74) is 0.678. The van der Waals surface area contributed by atoms with Crippen molar-refractivity contribution in [3.8, 4) is 11.4 Å². The maximum Gasteiger partial charge on any atom is 0.250 e. The minimum absolute atomic E-state index is 0.0503. The molecular formula is C35H43FN6O5. The number of hydrogen-bond donors (Lipinski definition) is 2. The summed E-state index contributed by atoms with van der Waals surface area (Å²) in [7, 11) is 0. The maximum atomic E-state index is 14.2. The summed E-state index contributed by atoms with van der Waals surface area (Å²) in [5, 5.41) is 9.91. The number of benzene rings is 2. The number of rotatable bonds is 7. The minimum atomic E-state index is -1.29. The van der Waals surface area contributed by atoms with Crippen molar-refractivity contribution in [2.24, 2.45) is 5.92 Å². The summed E-state index contributed by atoms with van der Waals surface area (Å²) in [4.78, 5) is 61.9. The van der Waals surface area contributed by atoms with Gasteiger partial charge in [0.1, 0.15) is 11.4 Å². The number of amides is 4. The molecular weight excluding hydrogens is 603 g/mol. The van der Waals surface area contributed by atoms with Crippen LogP contribution in [0.4, 0.5) is 4.39 Å². The van der Waals surface area contributed by atoms with Gasteiger partial charge in [-0.15, -0.1) is 0 Å². The predicted molar refractivity (Wildman–Crippen MR) is 172 cm³/mol. The molecule has 2 heterocycles.